The molecule has 0 bridgehead atoms. The van der Waals surface area contributed by atoms with Gasteiger partial charge in [-0.05, 0) is 74.7 Å². The molecule has 0 aromatic heterocycles. The molecule has 0 fully saturated rings. The minimum atomic E-state index is -0.555. The molecule has 0 spiro atoms. The number of hydrogen-bond acceptors (Lipinski definition) is 4. The van der Waals surface area contributed by atoms with Crippen molar-refractivity contribution >= 4 is 23.5 Å². The zero-order valence-corrected chi connectivity index (χ0v) is 20.7. The van der Waals surface area contributed by atoms with Crippen molar-refractivity contribution in [1.82, 2.24) is 5.32 Å². The lowest BCUT2D eigenvalue weighted by Gasteiger charge is -2.19. The molecule has 0 radical (unpaired) electrons. The van der Waals surface area contributed by atoms with Crippen molar-refractivity contribution in [3.63, 3.8) is 0 Å². The van der Waals surface area contributed by atoms with E-state index in [2.05, 4.69) is 24.4 Å². The van der Waals surface area contributed by atoms with Crippen LogP contribution in [0.4, 0.5) is 0 Å². The highest BCUT2D eigenvalue weighted by Crippen LogP contribution is 2.24. The molecule has 0 atom stereocenters. The predicted octanol–water partition coefficient (Wildman–Crippen LogP) is 6.16. The Hall–Kier alpha value is -3.31. The van der Waals surface area contributed by atoms with Gasteiger partial charge in [0.1, 0.15) is 11.4 Å². The smallest absolute Gasteiger partial charge is 0.338 e. The van der Waals surface area contributed by atoms with Gasteiger partial charge >= 0.3 is 5.97 Å². The lowest BCUT2D eigenvalue weighted by atomic mass is 10.1. The van der Waals surface area contributed by atoms with Gasteiger partial charge in [0, 0.05) is 18.0 Å². The largest absolute Gasteiger partial charge is 0.492 e. The summed E-state index contributed by atoms with van der Waals surface area (Å²) in [5.74, 6) is -0.185. The molecule has 0 unspecified atom stereocenters. The van der Waals surface area contributed by atoms with Gasteiger partial charge in [0.2, 0.25) is 0 Å². The zero-order valence-electron chi connectivity index (χ0n) is 20.0. The van der Waals surface area contributed by atoms with Crippen LogP contribution in [0.5, 0.6) is 5.75 Å². The van der Waals surface area contributed by atoms with E-state index in [1.165, 1.54) is 11.1 Å². The topological polar surface area (TPSA) is 64.6 Å². The summed E-state index contributed by atoms with van der Waals surface area (Å²) >= 11 is 6.14. The number of rotatable bonds is 8. The number of carbonyl (C=O) groups excluding carboxylic acids is 2. The third-order valence-corrected chi connectivity index (χ3v) is 5.35. The summed E-state index contributed by atoms with van der Waals surface area (Å²) in [5.41, 5.74) is 3.55. The number of ether oxygens (including phenoxy) is 2. The second-order valence-corrected chi connectivity index (χ2v) is 9.48. The van der Waals surface area contributed by atoms with Crippen molar-refractivity contribution in [2.45, 2.75) is 46.3 Å². The molecule has 0 aliphatic rings. The van der Waals surface area contributed by atoms with Gasteiger partial charge in [-0.15, -0.1) is 0 Å². The Morgan fingerprint density at radius 1 is 0.971 bits per heavy atom. The minimum Gasteiger partial charge on any atom is -0.492 e. The molecule has 0 aliphatic heterocycles. The number of amides is 1. The van der Waals surface area contributed by atoms with Gasteiger partial charge in [0.25, 0.3) is 5.91 Å². The Morgan fingerprint density at radius 2 is 1.68 bits per heavy atom. The number of benzene rings is 3. The predicted molar refractivity (Wildman–Crippen MR) is 135 cm³/mol. The van der Waals surface area contributed by atoms with E-state index in [-0.39, 0.29) is 11.9 Å². The third-order valence-electron chi connectivity index (χ3n) is 5.12. The van der Waals surface area contributed by atoms with E-state index in [0.29, 0.717) is 35.1 Å². The van der Waals surface area contributed by atoms with Crippen LogP contribution in [0, 0.1) is 6.92 Å². The van der Waals surface area contributed by atoms with Crippen LogP contribution in [0.3, 0.4) is 0 Å². The van der Waals surface area contributed by atoms with Gasteiger partial charge < -0.3 is 14.8 Å². The van der Waals surface area contributed by atoms with Crippen molar-refractivity contribution in [2.75, 3.05) is 6.61 Å². The number of esters is 1. The van der Waals surface area contributed by atoms with E-state index in [9.17, 15) is 9.59 Å². The highest BCUT2D eigenvalue weighted by molar-refractivity contribution is 6.31. The summed E-state index contributed by atoms with van der Waals surface area (Å²) in [4.78, 5) is 25.1. The monoisotopic (exact) mass is 479 g/mol. The van der Waals surface area contributed by atoms with Gasteiger partial charge in [-0.2, -0.15) is 0 Å². The molecule has 3 aromatic carbocycles. The molecule has 0 heterocycles. The molecule has 3 aromatic rings. The average Bonchev–Trinajstić information content (AvgIpc) is 2.79. The van der Waals surface area contributed by atoms with Gasteiger partial charge in [0.05, 0.1) is 17.7 Å². The summed E-state index contributed by atoms with van der Waals surface area (Å²) in [6.07, 6.45) is 0.736. The van der Waals surface area contributed by atoms with E-state index >= 15 is 0 Å². The fourth-order valence-corrected chi connectivity index (χ4v) is 3.51. The summed E-state index contributed by atoms with van der Waals surface area (Å²) in [6.45, 7) is 8.28. The van der Waals surface area contributed by atoms with Gasteiger partial charge in [-0.1, -0.05) is 48.0 Å². The van der Waals surface area contributed by atoms with E-state index < -0.39 is 5.60 Å². The molecule has 6 heteroatoms. The fourth-order valence-electron chi connectivity index (χ4n) is 3.34. The molecule has 1 N–H and O–H groups in total. The summed E-state index contributed by atoms with van der Waals surface area (Å²) < 4.78 is 11.3. The van der Waals surface area contributed by atoms with E-state index in [1.807, 2.05) is 32.9 Å². The Balaban J connectivity index is 1.60. The number of hydrogen-bond donors (Lipinski definition) is 1. The van der Waals surface area contributed by atoms with Crippen LogP contribution in [-0.2, 0) is 17.7 Å². The number of nitrogens with one attached hydrogen (secondary N) is 1. The lowest BCUT2D eigenvalue weighted by molar-refractivity contribution is 0.00693. The summed E-state index contributed by atoms with van der Waals surface area (Å²) in [7, 11) is 0. The standard InChI is InChI=1S/C28H30ClNO4/c1-19-7-5-6-8-21(19)15-16-33-25-14-13-23(29)17-24(25)26(31)30-18-20-9-11-22(12-10-20)27(32)34-28(2,3)4/h5-14,17H,15-16,18H2,1-4H3,(H,30,31). The molecule has 178 valence electrons. The first-order chi connectivity index (χ1) is 16.1. The van der Waals surface area contributed by atoms with E-state index in [0.717, 1.165) is 12.0 Å². The van der Waals surface area contributed by atoms with Gasteiger partial charge in [-0.3, -0.25) is 4.79 Å². The second kappa shape index (κ2) is 11.2. The highest BCUT2D eigenvalue weighted by atomic mass is 35.5. The Labute approximate surface area is 206 Å². The molecule has 3 rings (SSSR count). The van der Waals surface area contributed by atoms with Crippen LogP contribution in [-0.4, -0.2) is 24.1 Å². The van der Waals surface area contributed by atoms with Crippen molar-refractivity contribution in [2.24, 2.45) is 0 Å². The maximum absolute atomic E-state index is 12.9. The summed E-state index contributed by atoms with van der Waals surface area (Å²) in [5, 5.41) is 3.35. The van der Waals surface area contributed by atoms with Crippen LogP contribution in [0.15, 0.2) is 66.7 Å². The Bertz CT molecular complexity index is 1150. The van der Waals surface area contributed by atoms with E-state index in [4.69, 9.17) is 21.1 Å². The van der Waals surface area contributed by atoms with Crippen LogP contribution < -0.4 is 10.1 Å². The summed E-state index contributed by atoms with van der Waals surface area (Å²) in [6, 6.07) is 20.1. The lowest BCUT2D eigenvalue weighted by Crippen LogP contribution is -2.24. The number of halogens is 1. The Kier molecular flexibility index (Phi) is 8.35. The van der Waals surface area contributed by atoms with Crippen molar-refractivity contribution in [3.05, 3.63) is 99.6 Å². The molecular formula is C28H30ClNO4. The van der Waals surface area contributed by atoms with Gasteiger partial charge in [0.15, 0.2) is 0 Å². The first-order valence-electron chi connectivity index (χ1n) is 11.2. The molecule has 0 aliphatic carbocycles. The SMILES string of the molecule is Cc1ccccc1CCOc1ccc(Cl)cc1C(=O)NCc1ccc(C(=O)OC(C)(C)C)cc1. The number of carbonyl (C=O) groups is 2. The normalized spacial score (nSPS) is 11.1. The van der Waals surface area contributed by atoms with Crippen molar-refractivity contribution < 1.29 is 19.1 Å². The number of aryl methyl sites for hydroxylation is 1. The van der Waals surface area contributed by atoms with Crippen LogP contribution in [0.2, 0.25) is 5.02 Å². The third kappa shape index (κ3) is 7.35. The van der Waals surface area contributed by atoms with Crippen LogP contribution >= 0.6 is 11.6 Å². The first kappa shape index (κ1) is 25.3. The van der Waals surface area contributed by atoms with Crippen molar-refractivity contribution in [1.29, 1.82) is 0 Å². The van der Waals surface area contributed by atoms with Crippen LogP contribution in [0.1, 0.15) is 58.2 Å². The molecular weight excluding hydrogens is 450 g/mol. The second-order valence-electron chi connectivity index (χ2n) is 9.05. The maximum atomic E-state index is 12.9. The molecule has 1 amide bonds. The molecule has 0 saturated carbocycles. The van der Waals surface area contributed by atoms with Crippen LogP contribution in [0.25, 0.3) is 0 Å². The maximum Gasteiger partial charge on any atom is 0.338 e. The molecule has 5 nitrogen and oxygen atoms in total. The van der Waals surface area contributed by atoms with E-state index in [1.54, 1.807) is 42.5 Å². The quantitative estimate of drug-likeness (QED) is 0.393. The Morgan fingerprint density at radius 3 is 2.35 bits per heavy atom. The first-order valence-corrected chi connectivity index (χ1v) is 11.6. The fraction of sp³-hybridized carbons (Fsp3) is 0.286. The van der Waals surface area contributed by atoms with Crippen molar-refractivity contribution in [3.8, 4) is 5.75 Å². The molecule has 0 saturated heterocycles. The van der Waals surface area contributed by atoms with Gasteiger partial charge in [-0.25, -0.2) is 4.79 Å². The molecule has 34 heavy (non-hydrogen) atoms. The zero-order chi connectivity index (χ0) is 24.7. The highest BCUT2D eigenvalue weighted by Gasteiger charge is 2.18. The average molecular weight is 480 g/mol. The minimum absolute atomic E-state index is 0.287.